The molecule has 184 valence electrons. The lowest BCUT2D eigenvalue weighted by molar-refractivity contribution is -0.137. The molecule has 36 heavy (non-hydrogen) atoms. The van der Waals surface area contributed by atoms with Crippen LogP contribution in [0.25, 0.3) is 0 Å². The van der Waals surface area contributed by atoms with Crippen LogP contribution in [0, 0.1) is 0 Å². The molecule has 8 nitrogen and oxygen atoms in total. The lowest BCUT2D eigenvalue weighted by Crippen LogP contribution is -2.10. The Morgan fingerprint density at radius 3 is 1.64 bits per heavy atom. The monoisotopic (exact) mass is 488 g/mol. The Morgan fingerprint density at radius 1 is 0.667 bits per heavy atom. The Kier molecular flexibility index (Phi) is 9.52. The highest BCUT2D eigenvalue weighted by Crippen LogP contribution is 2.19. The van der Waals surface area contributed by atoms with Crippen LogP contribution < -0.4 is 14.2 Å². The number of ether oxygens (including phenoxy) is 4. The number of esters is 3. The summed E-state index contributed by atoms with van der Waals surface area (Å²) >= 11 is 0. The molecule has 3 aromatic rings. The summed E-state index contributed by atoms with van der Waals surface area (Å²) < 4.78 is 21.1. The van der Waals surface area contributed by atoms with E-state index in [4.69, 9.17) is 18.9 Å². The molecule has 0 saturated heterocycles. The van der Waals surface area contributed by atoms with E-state index in [9.17, 15) is 19.2 Å². The lowest BCUT2D eigenvalue weighted by Gasteiger charge is -2.08. The van der Waals surface area contributed by atoms with Crippen molar-refractivity contribution in [2.24, 2.45) is 0 Å². The first-order valence-electron chi connectivity index (χ1n) is 11.1. The Balaban J connectivity index is 1.44. The van der Waals surface area contributed by atoms with Crippen molar-refractivity contribution in [1.82, 2.24) is 0 Å². The van der Waals surface area contributed by atoms with Gasteiger partial charge in [-0.15, -0.1) is 0 Å². The fraction of sp³-hybridized carbons (Fsp3) is 0.143. The van der Waals surface area contributed by atoms with Gasteiger partial charge in [-0.25, -0.2) is 14.4 Å². The first-order valence-corrected chi connectivity index (χ1v) is 11.1. The zero-order valence-corrected chi connectivity index (χ0v) is 19.4. The van der Waals surface area contributed by atoms with Crippen molar-refractivity contribution in [1.29, 1.82) is 0 Å². The predicted octanol–water partition coefficient (Wildman–Crippen LogP) is 4.83. The highest BCUT2D eigenvalue weighted by Gasteiger charge is 2.12. The van der Waals surface area contributed by atoms with Crippen molar-refractivity contribution in [2.45, 2.75) is 12.8 Å². The Morgan fingerprint density at radius 2 is 1.14 bits per heavy atom. The van der Waals surface area contributed by atoms with Gasteiger partial charge in [-0.05, 0) is 85.6 Å². The fourth-order valence-electron chi connectivity index (χ4n) is 2.92. The van der Waals surface area contributed by atoms with E-state index in [1.54, 1.807) is 36.4 Å². The van der Waals surface area contributed by atoms with Gasteiger partial charge in [0.1, 0.15) is 23.5 Å². The van der Waals surface area contributed by atoms with Crippen LogP contribution in [0.3, 0.4) is 0 Å². The van der Waals surface area contributed by atoms with E-state index in [1.807, 2.05) is 0 Å². The molecule has 0 atom stereocenters. The van der Waals surface area contributed by atoms with E-state index < -0.39 is 17.9 Å². The molecule has 0 aliphatic heterocycles. The summed E-state index contributed by atoms with van der Waals surface area (Å²) in [5.41, 5.74) is 1.08. The SMILES string of the molecule is C=CC(=O)OCCCCOc1ccc(C(=O)Oc2ccc(C(=O)Oc3ccc(C=O)cc3)cc2)cc1. The summed E-state index contributed by atoms with van der Waals surface area (Å²) in [5, 5.41) is 0. The van der Waals surface area contributed by atoms with Crippen LogP contribution in [0.4, 0.5) is 0 Å². The van der Waals surface area contributed by atoms with Crippen molar-refractivity contribution in [3.63, 3.8) is 0 Å². The van der Waals surface area contributed by atoms with E-state index in [-0.39, 0.29) is 11.3 Å². The summed E-state index contributed by atoms with van der Waals surface area (Å²) in [6.07, 6.45) is 3.18. The van der Waals surface area contributed by atoms with E-state index in [2.05, 4.69) is 6.58 Å². The zero-order valence-electron chi connectivity index (χ0n) is 19.4. The van der Waals surface area contributed by atoms with E-state index in [0.717, 1.165) is 6.08 Å². The van der Waals surface area contributed by atoms with E-state index >= 15 is 0 Å². The lowest BCUT2D eigenvalue weighted by atomic mass is 10.2. The first kappa shape index (κ1) is 25.9. The minimum atomic E-state index is -0.583. The van der Waals surface area contributed by atoms with Gasteiger partial charge in [-0.2, -0.15) is 0 Å². The Hall–Kier alpha value is -4.72. The molecule has 0 saturated carbocycles. The van der Waals surface area contributed by atoms with Gasteiger partial charge in [0.25, 0.3) is 0 Å². The Bertz CT molecular complexity index is 1200. The van der Waals surface area contributed by atoms with Crippen molar-refractivity contribution in [3.8, 4) is 17.2 Å². The maximum atomic E-state index is 12.4. The molecule has 0 bridgehead atoms. The van der Waals surface area contributed by atoms with Crippen molar-refractivity contribution < 1.29 is 38.1 Å². The average Bonchev–Trinajstić information content (AvgIpc) is 2.91. The third-order valence-corrected chi connectivity index (χ3v) is 4.84. The minimum Gasteiger partial charge on any atom is -0.494 e. The summed E-state index contributed by atoms with van der Waals surface area (Å²) in [5.74, 6) is -0.419. The maximum Gasteiger partial charge on any atom is 0.343 e. The van der Waals surface area contributed by atoms with Gasteiger partial charge >= 0.3 is 17.9 Å². The third-order valence-electron chi connectivity index (χ3n) is 4.84. The summed E-state index contributed by atoms with van der Waals surface area (Å²) in [7, 11) is 0. The van der Waals surface area contributed by atoms with Crippen LogP contribution in [0.1, 0.15) is 43.9 Å². The number of hydrogen-bond acceptors (Lipinski definition) is 8. The molecule has 0 unspecified atom stereocenters. The summed E-state index contributed by atoms with van der Waals surface area (Å²) in [6.45, 7) is 4.07. The quantitative estimate of drug-likeness (QED) is 0.117. The number of carbonyl (C=O) groups is 4. The Labute approximate surface area is 208 Å². The number of hydrogen-bond donors (Lipinski definition) is 0. The highest BCUT2D eigenvalue weighted by molar-refractivity contribution is 5.92. The smallest absolute Gasteiger partial charge is 0.343 e. The molecule has 0 heterocycles. The van der Waals surface area contributed by atoms with Gasteiger partial charge < -0.3 is 18.9 Å². The van der Waals surface area contributed by atoms with E-state index in [1.165, 1.54) is 36.4 Å². The van der Waals surface area contributed by atoms with Crippen molar-refractivity contribution in [2.75, 3.05) is 13.2 Å². The molecule has 0 radical (unpaired) electrons. The van der Waals surface area contributed by atoms with Crippen LogP contribution in [0.5, 0.6) is 17.2 Å². The fourth-order valence-corrected chi connectivity index (χ4v) is 2.92. The van der Waals surface area contributed by atoms with Crippen LogP contribution in [-0.2, 0) is 9.53 Å². The number of carbonyl (C=O) groups excluding carboxylic acids is 4. The van der Waals surface area contributed by atoms with Gasteiger partial charge in [0, 0.05) is 11.6 Å². The molecule has 0 amide bonds. The largest absolute Gasteiger partial charge is 0.494 e. The van der Waals surface area contributed by atoms with Crippen LogP contribution in [0.15, 0.2) is 85.5 Å². The number of benzene rings is 3. The zero-order chi connectivity index (χ0) is 25.8. The van der Waals surface area contributed by atoms with E-state index in [0.29, 0.717) is 55.0 Å². The standard InChI is InChI=1S/C28H24O8/c1-2-26(30)34-18-4-3-17-33-23-13-7-21(8-14-23)27(31)36-25-15-9-22(10-16-25)28(32)35-24-11-5-20(19-29)6-12-24/h2,5-16,19H,1,3-4,17-18H2. The van der Waals surface area contributed by atoms with Gasteiger partial charge in [0.05, 0.1) is 24.3 Å². The van der Waals surface area contributed by atoms with Crippen molar-refractivity contribution in [3.05, 3.63) is 102 Å². The number of rotatable bonds is 12. The molecule has 8 heteroatoms. The molecular formula is C28H24O8. The molecule has 0 aliphatic carbocycles. The average molecular weight is 488 g/mol. The highest BCUT2D eigenvalue weighted by atomic mass is 16.5. The van der Waals surface area contributed by atoms with Gasteiger partial charge in [-0.3, -0.25) is 4.79 Å². The molecule has 0 aliphatic rings. The van der Waals surface area contributed by atoms with Gasteiger partial charge in [0.2, 0.25) is 0 Å². The topological polar surface area (TPSA) is 105 Å². The molecular weight excluding hydrogens is 464 g/mol. The second kappa shape index (κ2) is 13.2. The maximum absolute atomic E-state index is 12.4. The van der Waals surface area contributed by atoms with Crippen LogP contribution in [-0.4, -0.2) is 37.4 Å². The van der Waals surface area contributed by atoms with Gasteiger partial charge in [0.15, 0.2) is 0 Å². The normalized spacial score (nSPS) is 10.1. The molecule has 0 fully saturated rings. The molecule has 0 spiro atoms. The molecule has 0 aromatic heterocycles. The van der Waals surface area contributed by atoms with Crippen LogP contribution in [0.2, 0.25) is 0 Å². The third kappa shape index (κ3) is 7.95. The molecule has 3 rings (SSSR count). The molecule has 3 aromatic carbocycles. The predicted molar refractivity (Wildman–Crippen MR) is 131 cm³/mol. The van der Waals surface area contributed by atoms with Crippen LogP contribution >= 0.6 is 0 Å². The summed E-state index contributed by atoms with van der Waals surface area (Å²) in [6, 6.07) is 18.6. The van der Waals surface area contributed by atoms with Crippen molar-refractivity contribution >= 4 is 24.2 Å². The van der Waals surface area contributed by atoms with Gasteiger partial charge in [-0.1, -0.05) is 6.58 Å². The number of aldehydes is 1. The summed E-state index contributed by atoms with van der Waals surface area (Å²) in [4.78, 5) is 46.4. The second-order valence-electron chi connectivity index (χ2n) is 7.44. The first-order chi connectivity index (χ1) is 17.5. The number of unbranched alkanes of at least 4 members (excludes halogenated alkanes) is 1. The second-order valence-corrected chi connectivity index (χ2v) is 7.44. The molecule has 0 N–H and O–H groups in total. The minimum absolute atomic E-state index is 0.268.